The van der Waals surface area contributed by atoms with Crippen LogP contribution >= 0.6 is 0 Å². The zero-order valence-corrected chi connectivity index (χ0v) is 13.0. The Morgan fingerprint density at radius 1 is 1.38 bits per heavy atom. The molecule has 0 aliphatic carbocycles. The van der Waals surface area contributed by atoms with E-state index in [-0.39, 0.29) is 5.84 Å². The first-order valence-corrected chi connectivity index (χ1v) is 6.99. The van der Waals surface area contributed by atoms with E-state index >= 15 is 0 Å². The van der Waals surface area contributed by atoms with E-state index in [1.165, 1.54) is 0 Å². The molecule has 2 aromatic heterocycles. The van der Waals surface area contributed by atoms with E-state index in [0.29, 0.717) is 12.1 Å². The first-order valence-electron chi connectivity index (χ1n) is 6.99. The molecular formula is C15H22N6. The molecule has 0 unspecified atom stereocenters. The van der Waals surface area contributed by atoms with Gasteiger partial charge in [-0.2, -0.15) is 5.10 Å². The Morgan fingerprint density at radius 2 is 2.10 bits per heavy atom. The second kappa shape index (κ2) is 5.95. The van der Waals surface area contributed by atoms with Gasteiger partial charge in [0, 0.05) is 19.3 Å². The van der Waals surface area contributed by atoms with Gasteiger partial charge in [0.25, 0.3) is 0 Å². The molecule has 0 spiro atoms. The van der Waals surface area contributed by atoms with Crippen LogP contribution in [0.4, 0.5) is 5.82 Å². The minimum absolute atomic E-state index is 0.0475. The minimum Gasteiger partial charge on any atom is -0.384 e. The van der Waals surface area contributed by atoms with Crippen LogP contribution < -0.4 is 10.6 Å². The summed E-state index contributed by atoms with van der Waals surface area (Å²) in [6.45, 7) is 7.38. The van der Waals surface area contributed by atoms with Crippen LogP contribution in [0.25, 0.3) is 0 Å². The molecule has 0 aromatic carbocycles. The number of nitrogens with one attached hydrogen (secondary N) is 1. The second-order valence-electron chi connectivity index (χ2n) is 5.11. The van der Waals surface area contributed by atoms with Gasteiger partial charge in [-0.05, 0) is 32.9 Å². The van der Waals surface area contributed by atoms with Crippen molar-refractivity contribution >= 4 is 11.7 Å². The average molecular weight is 286 g/mol. The smallest absolute Gasteiger partial charge is 0.138 e. The van der Waals surface area contributed by atoms with Gasteiger partial charge < -0.3 is 10.6 Å². The summed E-state index contributed by atoms with van der Waals surface area (Å²) in [7, 11) is 1.88. The topological polar surface area (TPSA) is 83.8 Å². The Balaban J connectivity index is 2.40. The number of nitrogens with two attached hydrogens (primary N) is 1. The van der Waals surface area contributed by atoms with Crippen LogP contribution in [0.15, 0.2) is 18.2 Å². The number of pyridine rings is 1. The van der Waals surface area contributed by atoms with Crippen LogP contribution in [-0.4, -0.2) is 27.1 Å². The molecule has 2 aromatic rings. The average Bonchev–Trinajstić information content (AvgIpc) is 2.71. The fourth-order valence-corrected chi connectivity index (χ4v) is 2.54. The van der Waals surface area contributed by atoms with Crippen LogP contribution in [0.5, 0.6) is 0 Å². The van der Waals surface area contributed by atoms with Gasteiger partial charge in [-0.25, -0.2) is 0 Å². The fourth-order valence-electron chi connectivity index (χ4n) is 2.54. The van der Waals surface area contributed by atoms with E-state index in [4.69, 9.17) is 11.1 Å². The molecule has 3 N–H and O–H groups in total. The number of hydrogen-bond acceptors (Lipinski definition) is 4. The Kier molecular flexibility index (Phi) is 4.26. The lowest BCUT2D eigenvalue weighted by molar-refractivity contribution is 0.699. The molecule has 0 radical (unpaired) electrons. The van der Waals surface area contributed by atoms with Gasteiger partial charge in [0.05, 0.1) is 23.5 Å². The van der Waals surface area contributed by atoms with Gasteiger partial charge in [0.1, 0.15) is 11.7 Å². The highest BCUT2D eigenvalue weighted by Crippen LogP contribution is 2.24. The van der Waals surface area contributed by atoms with Gasteiger partial charge in [0.2, 0.25) is 0 Å². The number of anilines is 1. The quantitative estimate of drug-likeness (QED) is 0.648. The monoisotopic (exact) mass is 286 g/mol. The van der Waals surface area contributed by atoms with Crippen LogP contribution in [0.3, 0.4) is 0 Å². The first kappa shape index (κ1) is 15.0. The molecule has 0 aliphatic heterocycles. The molecule has 2 heterocycles. The highest BCUT2D eigenvalue weighted by atomic mass is 15.4. The van der Waals surface area contributed by atoms with E-state index in [1.54, 1.807) is 4.68 Å². The van der Waals surface area contributed by atoms with Crippen molar-refractivity contribution in [1.82, 2.24) is 14.8 Å². The van der Waals surface area contributed by atoms with Crippen molar-refractivity contribution in [2.75, 3.05) is 11.4 Å². The standard InChI is InChI=1S/C15H22N6/c1-5-21(9-12-8-6-7-10(2)18-12)15-13(14(16)17)11(3)19-20(15)4/h6-8H,5,9H2,1-4H3,(H3,16,17). The third-order valence-corrected chi connectivity index (χ3v) is 3.44. The van der Waals surface area contributed by atoms with Crippen molar-refractivity contribution in [2.45, 2.75) is 27.3 Å². The Labute approximate surface area is 125 Å². The molecule has 0 bridgehead atoms. The maximum absolute atomic E-state index is 7.79. The summed E-state index contributed by atoms with van der Waals surface area (Å²) in [5.41, 5.74) is 9.19. The van der Waals surface area contributed by atoms with Gasteiger partial charge in [-0.1, -0.05) is 6.07 Å². The van der Waals surface area contributed by atoms with Crippen molar-refractivity contribution in [2.24, 2.45) is 12.8 Å². The summed E-state index contributed by atoms with van der Waals surface area (Å²) in [6.07, 6.45) is 0. The number of nitrogen functional groups attached to an aromatic ring is 1. The summed E-state index contributed by atoms with van der Waals surface area (Å²) in [5, 5.41) is 12.2. The summed E-state index contributed by atoms with van der Waals surface area (Å²) >= 11 is 0. The number of amidine groups is 1. The normalized spacial score (nSPS) is 10.7. The van der Waals surface area contributed by atoms with Crippen molar-refractivity contribution in [1.29, 1.82) is 5.41 Å². The SMILES string of the molecule is CCN(Cc1cccc(C)n1)c1c(C(=N)N)c(C)nn1C. The van der Waals surface area contributed by atoms with Crippen molar-refractivity contribution in [3.63, 3.8) is 0 Å². The Hall–Kier alpha value is -2.37. The van der Waals surface area contributed by atoms with E-state index in [9.17, 15) is 0 Å². The third kappa shape index (κ3) is 3.04. The maximum atomic E-state index is 7.79. The highest BCUT2D eigenvalue weighted by Gasteiger charge is 2.20. The molecule has 0 saturated heterocycles. The van der Waals surface area contributed by atoms with E-state index in [0.717, 1.165) is 29.4 Å². The van der Waals surface area contributed by atoms with Gasteiger partial charge >= 0.3 is 0 Å². The molecule has 2 rings (SSSR count). The van der Waals surface area contributed by atoms with Crippen LogP contribution in [0.1, 0.15) is 29.6 Å². The van der Waals surface area contributed by atoms with Gasteiger partial charge in [-0.15, -0.1) is 0 Å². The van der Waals surface area contributed by atoms with Crippen LogP contribution in [0, 0.1) is 19.3 Å². The van der Waals surface area contributed by atoms with Gasteiger partial charge in [-0.3, -0.25) is 15.1 Å². The number of aryl methyl sites for hydroxylation is 3. The lowest BCUT2D eigenvalue weighted by atomic mass is 10.2. The largest absolute Gasteiger partial charge is 0.384 e. The number of aromatic nitrogens is 3. The van der Waals surface area contributed by atoms with E-state index in [1.807, 2.05) is 39.1 Å². The first-order chi connectivity index (χ1) is 9.93. The minimum atomic E-state index is 0.0475. The van der Waals surface area contributed by atoms with E-state index in [2.05, 4.69) is 21.9 Å². The molecule has 6 nitrogen and oxygen atoms in total. The number of rotatable bonds is 5. The zero-order chi connectivity index (χ0) is 15.6. The van der Waals surface area contributed by atoms with E-state index < -0.39 is 0 Å². The molecule has 6 heteroatoms. The lowest BCUT2D eigenvalue weighted by Gasteiger charge is -2.24. The third-order valence-electron chi connectivity index (χ3n) is 3.44. The maximum Gasteiger partial charge on any atom is 0.138 e. The number of nitrogens with zero attached hydrogens (tertiary/aromatic N) is 4. The predicted octanol–water partition coefficient (Wildman–Crippen LogP) is 1.74. The summed E-state index contributed by atoms with van der Waals surface area (Å²) < 4.78 is 1.78. The molecule has 0 aliphatic rings. The lowest BCUT2D eigenvalue weighted by Crippen LogP contribution is -2.28. The summed E-state index contributed by atoms with van der Waals surface area (Å²) in [4.78, 5) is 6.68. The summed E-state index contributed by atoms with van der Waals surface area (Å²) in [5.74, 6) is 0.914. The van der Waals surface area contributed by atoms with Crippen molar-refractivity contribution < 1.29 is 0 Å². The highest BCUT2D eigenvalue weighted by molar-refractivity contribution is 6.00. The van der Waals surface area contributed by atoms with Gasteiger partial charge in [0.15, 0.2) is 0 Å². The molecule has 0 saturated carbocycles. The Morgan fingerprint density at radius 3 is 2.67 bits per heavy atom. The van der Waals surface area contributed by atoms with Crippen LogP contribution in [0.2, 0.25) is 0 Å². The molecule has 0 fully saturated rings. The molecule has 21 heavy (non-hydrogen) atoms. The fraction of sp³-hybridized carbons (Fsp3) is 0.400. The number of hydrogen-bond donors (Lipinski definition) is 2. The van der Waals surface area contributed by atoms with Crippen LogP contribution in [-0.2, 0) is 13.6 Å². The second-order valence-corrected chi connectivity index (χ2v) is 5.11. The van der Waals surface area contributed by atoms with Crippen molar-refractivity contribution in [3.05, 3.63) is 40.8 Å². The molecule has 0 amide bonds. The van der Waals surface area contributed by atoms with Crippen molar-refractivity contribution in [3.8, 4) is 0 Å². The molecule has 112 valence electrons. The predicted molar refractivity (Wildman–Crippen MR) is 84.7 cm³/mol. The molecule has 0 atom stereocenters. The Bertz CT molecular complexity index is 658. The molecular weight excluding hydrogens is 264 g/mol. The zero-order valence-electron chi connectivity index (χ0n) is 13.0. The summed E-state index contributed by atoms with van der Waals surface area (Å²) in [6, 6.07) is 5.99.